The monoisotopic (exact) mass is 346 g/mol. The summed E-state index contributed by atoms with van der Waals surface area (Å²) >= 11 is 0. The Hall–Kier alpha value is -2.32. The molecule has 0 aliphatic carbocycles. The molecular formula is C17H22N4O4. The number of aromatic nitrogens is 3. The smallest absolute Gasteiger partial charge is 0.274 e. The van der Waals surface area contributed by atoms with Gasteiger partial charge in [-0.25, -0.2) is 9.97 Å². The van der Waals surface area contributed by atoms with Crippen LogP contribution in [-0.4, -0.2) is 34.7 Å². The van der Waals surface area contributed by atoms with Crippen LogP contribution in [0.25, 0.3) is 0 Å². The van der Waals surface area contributed by atoms with E-state index < -0.39 is 0 Å². The Bertz CT molecular complexity index is 708. The number of carbonyl (C=O) groups is 1. The third kappa shape index (κ3) is 4.21. The number of amides is 1. The van der Waals surface area contributed by atoms with Crippen molar-refractivity contribution in [3.8, 4) is 0 Å². The molecule has 25 heavy (non-hydrogen) atoms. The third-order valence-electron chi connectivity index (χ3n) is 4.13. The molecule has 0 bridgehead atoms. The van der Waals surface area contributed by atoms with Crippen LogP contribution in [-0.2, 0) is 22.6 Å². The van der Waals surface area contributed by atoms with Gasteiger partial charge in [0.05, 0.1) is 12.2 Å². The van der Waals surface area contributed by atoms with Gasteiger partial charge in [0.25, 0.3) is 5.91 Å². The van der Waals surface area contributed by atoms with Gasteiger partial charge in [-0.1, -0.05) is 5.16 Å². The molecule has 1 saturated heterocycles. The number of rotatable bonds is 6. The minimum absolute atomic E-state index is 0.0212. The average Bonchev–Trinajstić information content (AvgIpc) is 3.02. The first-order valence-corrected chi connectivity index (χ1v) is 8.33. The number of nitrogens with zero attached hydrogens (tertiary/aromatic N) is 3. The van der Waals surface area contributed by atoms with Gasteiger partial charge in [-0.05, 0) is 26.2 Å². The summed E-state index contributed by atoms with van der Waals surface area (Å²) in [6.45, 7) is 3.09. The van der Waals surface area contributed by atoms with Crippen molar-refractivity contribution in [2.75, 3.05) is 13.7 Å². The van der Waals surface area contributed by atoms with E-state index in [0.717, 1.165) is 31.4 Å². The highest BCUT2D eigenvalue weighted by atomic mass is 16.5. The van der Waals surface area contributed by atoms with Gasteiger partial charge in [-0.3, -0.25) is 4.79 Å². The zero-order valence-electron chi connectivity index (χ0n) is 14.4. The van der Waals surface area contributed by atoms with Crippen LogP contribution in [0, 0.1) is 6.92 Å². The van der Waals surface area contributed by atoms with Crippen molar-refractivity contribution in [3.05, 3.63) is 40.8 Å². The van der Waals surface area contributed by atoms with Crippen molar-refractivity contribution in [3.63, 3.8) is 0 Å². The normalized spacial score (nSPS) is 17.4. The molecule has 2 aromatic rings. The maximum atomic E-state index is 12.3. The first-order chi connectivity index (χ1) is 12.2. The number of methoxy groups -OCH3 is 1. The van der Waals surface area contributed by atoms with E-state index in [2.05, 4.69) is 20.4 Å². The summed E-state index contributed by atoms with van der Waals surface area (Å²) in [7, 11) is 1.56. The zero-order valence-corrected chi connectivity index (χ0v) is 14.4. The molecule has 1 atom stereocenters. The number of nitrogens with one attached hydrogen (secondary N) is 1. The Kier molecular flexibility index (Phi) is 5.72. The van der Waals surface area contributed by atoms with Crippen LogP contribution in [0.2, 0.25) is 0 Å². The van der Waals surface area contributed by atoms with Crippen LogP contribution < -0.4 is 5.32 Å². The lowest BCUT2D eigenvalue weighted by atomic mass is 10.1. The lowest BCUT2D eigenvalue weighted by molar-refractivity contribution is 0.00940. The second-order valence-corrected chi connectivity index (χ2v) is 5.99. The number of hydrogen-bond donors (Lipinski definition) is 1. The van der Waals surface area contributed by atoms with E-state index in [9.17, 15) is 4.79 Å². The molecule has 0 radical (unpaired) electrons. The van der Waals surface area contributed by atoms with E-state index in [1.165, 1.54) is 0 Å². The standard InChI is InChI=1S/C17H22N4O4/c1-11-13(10-23-2)15(21-25-11)17(22)20-9-12-7-18-16(19-8-12)14-5-3-4-6-24-14/h7-8,14H,3-6,9-10H2,1-2H3,(H,20,22)/t14-/m1/s1. The van der Waals surface area contributed by atoms with E-state index in [1.807, 2.05) is 0 Å². The molecule has 2 aromatic heterocycles. The fraction of sp³-hybridized carbons (Fsp3) is 0.529. The number of ether oxygens (including phenoxy) is 2. The Balaban J connectivity index is 1.59. The van der Waals surface area contributed by atoms with Gasteiger partial charge in [0, 0.05) is 38.2 Å². The van der Waals surface area contributed by atoms with Gasteiger partial charge < -0.3 is 19.3 Å². The molecule has 1 fully saturated rings. The molecule has 1 aliphatic heterocycles. The van der Waals surface area contributed by atoms with Gasteiger partial charge in [0.1, 0.15) is 11.9 Å². The first-order valence-electron chi connectivity index (χ1n) is 8.33. The summed E-state index contributed by atoms with van der Waals surface area (Å²) in [4.78, 5) is 21.0. The average molecular weight is 346 g/mol. The van der Waals surface area contributed by atoms with Crippen LogP contribution in [0.3, 0.4) is 0 Å². The van der Waals surface area contributed by atoms with Crippen molar-refractivity contribution in [1.82, 2.24) is 20.4 Å². The molecule has 0 unspecified atom stereocenters. The van der Waals surface area contributed by atoms with E-state index in [0.29, 0.717) is 23.7 Å². The van der Waals surface area contributed by atoms with Gasteiger partial charge in [-0.15, -0.1) is 0 Å². The van der Waals surface area contributed by atoms with Crippen molar-refractivity contribution in [2.45, 2.75) is 45.4 Å². The van der Waals surface area contributed by atoms with E-state index in [4.69, 9.17) is 14.0 Å². The molecule has 8 nitrogen and oxygen atoms in total. The Morgan fingerprint density at radius 1 is 1.36 bits per heavy atom. The van der Waals surface area contributed by atoms with Crippen molar-refractivity contribution in [1.29, 1.82) is 0 Å². The third-order valence-corrected chi connectivity index (χ3v) is 4.13. The Labute approximate surface area is 145 Å². The fourth-order valence-electron chi connectivity index (χ4n) is 2.72. The fourth-order valence-corrected chi connectivity index (χ4v) is 2.72. The van der Waals surface area contributed by atoms with Crippen LogP contribution in [0.4, 0.5) is 0 Å². The molecule has 1 amide bonds. The summed E-state index contributed by atoms with van der Waals surface area (Å²) in [6, 6.07) is 0. The first kappa shape index (κ1) is 17.5. The lowest BCUT2D eigenvalue weighted by Gasteiger charge is -2.21. The molecule has 1 N–H and O–H groups in total. The molecule has 3 heterocycles. The molecule has 1 aliphatic rings. The molecule has 0 saturated carbocycles. The van der Waals surface area contributed by atoms with Crippen LogP contribution >= 0.6 is 0 Å². The van der Waals surface area contributed by atoms with Crippen LogP contribution in [0.5, 0.6) is 0 Å². The number of aryl methyl sites for hydroxylation is 1. The lowest BCUT2D eigenvalue weighted by Crippen LogP contribution is -2.24. The maximum Gasteiger partial charge on any atom is 0.274 e. The second-order valence-electron chi connectivity index (χ2n) is 5.99. The van der Waals surface area contributed by atoms with Gasteiger partial charge >= 0.3 is 0 Å². The van der Waals surface area contributed by atoms with E-state index in [-0.39, 0.29) is 24.3 Å². The van der Waals surface area contributed by atoms with Crippen LogP contribution in [0.1, 0.15) is 58.6 Å². The van der Waals surface area contributed by atoms with Crippen molar-refractivity contribution in [2.24, 2.45) is 0 Å². The molecule has 134 valence electrons. The second kappa shape index (κ2) is 8.17. The minimum Gasteiger partial charge on any atom is -0.380 e. The molecule has 0 spiro atoms. The van der Waals surface area contributed by atoms with Crippen molar-refractivity contribution < 1.29 is 18.8 Å². The van der Waals surface area contributed by atoms with Crippen molar-refractivity contribution >= 4 is 5.91 Å². The Morgan fingerprint density at radius 3 is 2.84 bits per heavy atom. The molecule has 3 rings (SSSR count). The Morgan fingerprint density at radius 2 is 2.16 bits per heavy atom. The predicted octanol–water partition coefficient (Wildman–Crippen LogP) is 2.09. The highest BCUT2D eigenvalue weighted by Crippen LogP contribution is 2.24. The maximum absolute atomic E-state index is 12.3. The highest BCUT2D eigenvalue weighted by molar-refractivity contribution is 5.93. The highest BCUT2D eigenvalue weighted by Gasteiger charge is 2.20. The van der Waals surface area contributed by atoms with E-state index in [1.54, 1.807) is 26.4 Å². The summed E-state index contributed by atoms with van der Waals surface area (Å²) < 4.78 is 15.8. The van der Waals surface area contributed by atoms with Gasteiger partial charge in [0.2, 0.25) is 0 Å². The summed E-state index contributed by atoms with van der Waals surface area (Å²) in [5.74, 6) is 0.958. The van der Waals surface area contributed by atoms with E-state index >= 15 is 0 Å². The largest absolute Gasteiger partial charge is 0.380 e. The van der Waals surface area contributed by atoms with Gasteiger partial charge in [0.15, 0.2) is 11.5 Å². The molecule has 0 aromatic carbocycles. The zero-order chi connectivity index (χ0) is 17.6. The summed E-state index contributed by atoms with van der Waals surface area (Å²) in [5, 5.41) is 6.61. The predicted molar refractivity (Wildman–Crippen MR) is 87.7 cm³/mol. The number of hydrogen-bond acceptors (Lipinski definition) is 7. The SMILES string of the molecule is COCc1c(C(=O)NCc2cnc([C@H]3CCCCO3)nc2)noc1C. The van der Waals surface area contributed by atoms with Gasteiger partial charge in [-0.2, -0.15) is 0 Å². The van der Waals surface area contributed by atoms with Crippen LogP contribution in [0.15, 0.2) is 16.9 Å². The molecular weight excluding hydrogens is 324 g/mol. The molecule has 8 heteroatoms. The summed E-state index contributed by atoms with van der Waals surface area (Å²) in [5.41, 5.74) is 1.70. The minimum atomic E-state index is -0.316. The number of carbonyl (C=O) groups excluding carboxylic acids is 1. The topological polar surface area (TPSA) is 99.4 Å². The summed E-state index contributed by atoms with van der Waals surface area (Å²) in [6.07, 6.45) is 6.58. The quantitative estimate of drug-likeness (QED) is 0.855.